The molecule has 1 amide bonds. The van der Waals surface area contributed by atoms with Crippen molar-refractivity contribution in [1.29, 1.82) is 0 Å². The predicted molar refractivity (Wildman–Crippen MR) is 86.1 cm³/mol. The van der Waals surface area contributed by atoms with Gasteiger partial charge in [0.25, 0.3) is 0 Å². The number of amides is 1. The van der Waals surface area contributed by atoms with E-state index in [2.05, 4.69) is 22.0 Å². The Morgan fingerprint density at radius 3 is 2.33 bits per heavy atom. The summed E-state index contributed by atoms with van der Waals surface area (Å²) in [5, 5.41) is 2.94. The van der Waals surface area contributed by atoms with Crippen LogP contribution in [0.5, 0.6) is 0 Å². The summed E-state index contributed by atoms with van der Waals surface area (Å²) in [6.07, 6.45) is 0.546. The summed E-state index contributed by atoms with van der Waals surface area (Å²) in [6, 6.07) is 7.69. The molecule has 5 nitrogen and oxygen atoms in total. The van der Waals surface area contributed by atoms with Crippen LogP contribution < -0.4 is 11.1 Å². The number of hydrogen-bond acceptors (Lipinski definition) is 4. The molecule has 0 spiro atoms. The SMILES string of the molecule is CCN1CCN(CCC(=O)Nc2ccc(CN)cc2)CC1. The lowest BCUT2D eigenvalue weighted by molar-refractivity contribution is -0.116. The number of rotatable bonds is 6. The number of benzene rings is 1. The molecule has 1 aliphatic rings. The number of nitrogens with zero attached hydrogens (tertiary/aromatic N) is 2. The first kappa shape index (κ1) is 15.9. The van der Waals surface area contributed by atoms with Gasteiger partial charge in [-0.2, -0.15) is 0 Å². The van der Waals surface area contributed by atoms with Gasteiger partial charge in [0.05, 0.1) is 0 Å². The Morgan fingerprint density at radius 1 is 1.14 bits per heavy atom. The normalized spacial score (nSPS) is 16.9. The summed E-state index contributed by atoms with van der Waals surface area (Å²) in [6.45, 7) is 9.02. The highest BCUT2D eigenvalue weighted by atomic mass is 16.1. The largest absolute Gasteiger partial charge is 0.326 e. The molecule has 0 saturated carbocycles. The van der Waals surface area contributed by atoms with E-state index in [1.807, 2.05) is 24.3 Å². The lowest BCUT2D eigenvalue weighted by Crippen LogP contribution is -2.46. The van der Waals surface area contributed by atoms with Crippen molar-refractivity contribution in [3.05, 3.63) is 29.8 Å². The zero-order chi connectivity index (χ0) is 15.1. The maximum Gasteiger partial charge on any atom is 0.225 e. The third-order valence-electron chi connectivity index (χ3n) is 4.04. The second-order valence-electron chi connectivity index (χ2n) is 5.48. The molecule has 1 aromatic carbocycles. The molecule has 1 aliphatic heterocycles. The Kier molecular flexibility index (Phi) is 6.17. The van der Waals surface area contributed by atoms with Gasteiger partial charge in [0.1, 0.15) is 0 Å². The summed E-state index contributed by atoms with van der Waals surface area (Å²) in [5.41, 5.74) is 7.47. The van der Waals surface area contributed by atoms with Crippen molar-refractivity contribution in [1.82, 2.24) is 9.80 Å². The number of nitrogens with two attached hydrogens (primary N) is 1. The molecule has 1 aromatic rings. The van der Waals surface area contributed by atoms with Crippen molar-refractivity contribution >= 4 is 11.6 Å². The molecule has 5 heteroatoms. The summed E-state index contributed by atoms with van der Waals surface area (Å²) in [7, 11) is 0. The van der Waals surface area contributed by atoms with Crippen LogP contribution in [0.4, 0.5) is 5.69 Å². The van der Waals surface area contributed by atoms with E-state index in [9.17, 15) is 4.79 Å². The van der Waals surface area contributed by atoms with E-state index in [0.29, 0.717) is 13.0 Å². The minimum atomic E-state index is 0.0772. The number of anilines is 1. The maximum atomic E-state index is 12.0. The molecule has 1 fully saturated rings. The van der Waals surface area contributed by atoms with E-state index < -0.39 is 0 Å². The topological polar surface area (TPSA) is 61.6 Å². The highest BCUT2D eigenvalue weighted by Gasteiger charge is 2.15. The zero-order valence-corrected chi connectivity index (χ0v) is 12.8. The number of nitrogens with one attached hydrogen (secondary N) is 1. The third kappa shape index (κ3) is 5.12. The first-order chi connectivity index (χ1) is 10.2. The summed E-state index contributed by atoms with van der Waals surface area (Å²) in [4.78, 5) is 16.8. The van der Waals surface area contributed by atoms with E-state index in [1.165, 1.54) is 0 Å². The highest BCUT2D eigenvalue weighted by molar-refractivity contribution is 5.90. The van der Waals surface area contributed by atoms with Crippen molar-refractivity contribution < 1.29 is 4.79 Å². The first-order valence-corrected chi connectivity index (χ1v) is 7.75. The molecule has 0 radical (unpaired) electrons. The van der Waals surface area contributed by atoms with Crippen LogP contribution in [-0.2, 0) is 11.3 Å². The molecular formula is C16H26N4O. The van der Waals surface area contributed by atoms with Gasteiger partial charge in [-0.25, -0.2) is 0 Å². The van der Waals surface area contributed by atoms with Gasteiger partial charge in [0.2, 0.25) is 5.91 Å². The molecule has 1 saturated heterocycles. The molecule has 116 valence electrons. The van der Waals surface area contributed by atoms with Crippen LogP contribution in [-0.4, -0.2) is 55.0 Å². The van der Waals surface area contributed by atoms with Gasteiger partial charge in [-0.05, 0) is 24.2 Å². The average Bonchev–Trinajstić information content (AvgIpc) is 2.54. The average molecular weight is 290 g/mol. The van der Waals surface area contributed by atoms with Crippen molar-refractivity contribution in [3.8, 4) is 0 Å². The van der Waals surface area contributed by atoms with Crippen molar-refractivity contribution in [2.45, 2.75) is 19.9 Å². The van der Waals surface area contributed by atoms with Gasteiger partial charge in [-0.15, -0.1) is 0 Å². The Bertz CT molecular complexity index is 438. The Hall–Kier alpha value is -1.43. The van der Waals surface area contributed by atoms with Crippen LogP contribution in [0.2, 0.25) is 0 Å². The molecule has 1 heterocycles. The second kappa shape index (κ2) is 8.12. The number of carbonyl (C=O) groups excluding carboxylic acids is 1. The molecule has 0 bridgehead atoms. The minimum absolute atomic E-state index is 0.0772. The monoisotopic (exact) mass is 290 g/mol. The fourth-order valence-corrected chi connectivity index (χ4v) is 2.54. The molecule has 0 aliphatic carbocycles. The summed E-state index contributed by atoms with van der Waals surface area (Å²) < 4.78 is 0. The molecule has 0 unspecified atom stereocenters. The van der Waals surface area contributed by atoms with Crippen molar-refractivity contribution in [2.75, 3.05) is 44.6 Å². The van der Waals surface area contributed by atoms with E-state index in [1.54, 1.807) is 0 Å². The highest BCUT2D eigenvalue weighted by Crippen LogP contribution is 2.10. The van der Waals surface area contributed by atoms with E-state index in [4.69, 9.17) is 5.73 Å². The molecule has 21 heavy (non-hydrogen) atoms. The molecule has 2 rings (SSSR count). The summed E-state index contributed by atoms with van der Waals surface area (Å²) >= 11 is 0. The van der Waals surface area contributed by atoms with Crippen LogP contribution in [0.15, 0.2) is 24.3 Å². The fourth-order valence-electron chi connectivity index (χ4n) is 2.54. The second-order valence-corrected chi connectivity index (χ2v) is 5.48. The molecule has 0 aromatic heterocycles. The van der Waals surface area contributed by atoms with Crippen LogP contribution in [0, 0.1) is 0 Å². The number of piperazine rings is 1. The quantitative estimate of drug-likeness (QED) is 0.824. The number of likely N-dealkylation sites (N-methyl/N-ethyl adjacent to an activating group) is 1. The van der Waals surface area contributed by atoms with Crippen LogP contribution >= 0.6 is 0 Å². The van der Waals surface area contributed by atoms with Crippen LogP contribution in [0.1, 0.15) is 18.9 Å². The maximum absolute atomic E-state index is 12.0. The van der Waals surface area contributed by atoms with Crippen LogP contribution in [0.3, 0.4) is 0 Å². The van der Waals surface area contributed by atoms with Crippen molar-refractivity contribution in [3.63, 3.8) is 0 Å². The van der Waals surface area contributed by atoms with Gasteiger partial charge in [0.15, 0.2) is 0 Å². The predicted octanol–water partition coefficient (Wildman–Crippen LogP) is 1.11. The third-order valence-corrected chi connectivity index (χ3v) is 4.04. The minimum Gasteiger partial charge on any atom is -0.326 e. The lowest BCUT2D eigenvalue weighted by atomic mass is 10.2. The number of hydrogen-bond donors (Lipinski definition) is 2. The van der Waals surface area contributed by atoms with Gasteiger partial charge >= 0.3 is 0 Å². The van der Waals surface area contributed by atoms with Gasteiger partial charge in [0, 0.05) is 51.4 Å². The van der Waals surface area contributed by atoms with E-state index >= 15 is 0 Å². The molecule has 3 N–H and O–H groups in total. The van der Waals surface area contributed by atoms with Crippen molar-refractivity contribution in [2.24, 2.45) is 5.73 Å². The van der Waals surface area contributed by atoms with E-state index in [0.717, 1.165) is 50.5 Å². The molecule has 0 atom stereocenters. The Labute approximate surface area is 127 Å². The van der Waals surface area contributed by atoms with Gasteiger partial charge in [-0.1, -0.05) is 19.1 Å². The lowest BCUT2D eigenvalue weighted by Gasteiger charge is -2.33. The standard InChI is InChI=1S/C16H26N4O/c1-2-19-9-11-20(12-10-19)8-7-16(21)18-15-5-3-14(13-17)4-6-15/h3-6H,2,7-13,17H2,1H3,(H,18,21). The number of carbonyl (C=O) groups is 1. The van der Waals surface area contributed by atoms with E-state index in [-0.39, 0.29) is 5.91 Å². The Morgan fingerprint density at radius 2 is 1.76 bits per heavy atom. The van der Waals surface area contributed by atoms with Gasteiger partial charge in [-0.3, -0.25) is 4.79 Å². The van der Waals surface area contributed by atoms with Crippen LogP contribution in [0.25, 0.3) is 0 Å². The molecular weight excluding hydrogens is 264 g/mol. The van der Waals surface area contributed by atoms with Gasteiger partial charge < -0.3 is 20.9 Å². The zero-order valence-electron chi connectivity index (χ0n) is 12.8. The summed E-state index contributed by atoms with van der Waals surface area (Å²) in [5.74, 6) is 0.0772. The first-order valence-electron chi connectivity index (χ1n) is 7.75. The Balaban J connectivity index is 1.69. The fraction of sp³-hybridized carbons (Fsp3) is 0.562. The smallest absolute Gasteiger partial charge is 0.225 e.